The number of ether oxygens (including phenoxy) is 2. The van der Waals surface area contributed by atoms with Gasteiger partial charge in [0.05, 0.1) is 0 Å². The third-order valence-electron chi connectivity index (χ3n) is 4.47. The van der Waals surface area contributed by atoms with Crippen LogP contribution in [0.3, 0.4) is 0 Å². The number of hydrogen-bond donors (Lipinski definition) is 3. The average Bonchev–Trinajstić information content (AvgIpc) is 2.67. The van der Waals surface area contributed by atoms with Gasteiger partial charge in [0, 0.05) is 6.54 Å². The molecule has 0 aromatic carbocycles. The molecule has 33 heavy (non-hydrogen) atoms. The minimum atomic E-state index is -1.74. The van der Waals surface area contributed by atoms with Crippen LogP contribution < -0.4 is 16.1 Å². The van der Waals surface area contributed by atoms with Crippen LogP contribution in [0.1, 0.15) is 54.4 Å². The number of alkyl halides is 3. The molecule has 10 nitrogen and oxygen atoms in total. The minimum absolute atomic E-state index is 0.259. The van der Waals surface area contributed by atoms with Crippen LogP contribution in [0.15, 0.2) is 0 Å². The number of carbonyl (C=O) groups is 4. The summed E-state index contributed by atoms with van der Waals surface area (Å²) in [6.07, 6.45) is 0.226. The first-order valence-corrected chi connectivity index (χ1v) is 11.7. The van der Waals surface area contributed by atoms with E-state index in [1.165, 1.54) is 11.9 Å². The van der Waals surface area contributed by atoms with Crippen molar-refractivity contribution >= 4 is 58.7 Å². The number of hydrazine groups is 1. The van der Waals surface area contributed by atoms with Gasteiger partial charge in [-0.3, -0.25) is 19.4 Å². The third-order valence-corrected chi connectivity index (χ3v) is 4.79. The predicted molar refractivity (Wildman–Crippen MR) is 125 cm³/mol. The molecule has 1 fully saturated rings. The molecule has 1 saturated heterocycles. The van der Waals surface area contributed by atoms with E-state index in [4.69, 9.17) is 44.3 Å². The van der Waals surface area contributed by atoms with Gasteiger partial charge in [-0.15, -0.1) is 0 Å². The molecule has 13 heteroatoms. The topological polar surface area (TPSA) is 126 Å². The maximum Gasteiger partial charge on any atom is 0.408 e. The van der Waals surface area contributed by atoms with Gasteiger partial charge in [-0.25, -0.2) is 10.2 Å². The number of nitrogens with one attached hydrogen (secondary N) is 3. The summed E-state index contributed by atoms with van der Waals surface area (Å²) in [6.45, 7) is 10.1. The number of esters is 1. The third kappa shape index (κ3) is 11.0. The van der Waals surface area contributed by atoms with Crippen molar-refractivity contribution in [1.82, 2.24) is 21.1 Å². The molecule has 0 aromatic heterocycles. The van der Waals surface area contributed by atoms with Crippen LogP contribution in [0.5, 0.6) is 0 Å². The van der Waals surface area contributed by atoms with Gasteiger partial charge >= 0.3 is 12.1 Å². The summed E-state index contributed by atoms with van der Waals surface area (Å²) < 4.78 is 8.44. The monoisotopic (exact) mass is 530 g/mol. The van der Waals surface area contributed by atoms with Gasteiger partial charge < -0.3 is 20.1 Å². The largest absolute Gasteiger partial charge is 0.460 e. The Hall–Kier alpha value is -1.49. The molecule has 1 aliphatic heterocycles. The van der Waals surface area contributed by atoms with Gasteiger partial charge in [-0.05, 0) is 46.5 Å². The minimum Gasteiger partial charge on any atom is -0.460 e. The number of nitrogens with zero attached hydrogens (tertiary/aromatic N) is 1. The first-order chi connectivity index (χ1) is 15.0. The SMILES string of the molecule is CC(C)[C@H](NC(=O)OC(C)(C)C)C(=O)N[C@@H](C)C(=O)N1CCC[C@@H](C(=O)OCC(Cl)(Cl)Cl)N1. The highest BCUT2D eigenvalue weighted by molar-refractivity contribution is 6.67. The van der Waals surface area contributed by atoms with Gasteiger partial charge in [-0.2, -0.15) is 0 Å². The van der Waals surface area contributed by atoms with Crippen LogP contribution in [0, 0.1) is 5.92 Å². The van der Waals surface area contributed by atoms with Crippen molar-refractivity contribution < 1.29 is 28.7 Å². The lowest BCUT2D eigenvalue weighted by Crippen LogP contribution is -2.61. The lowest BCUT2D eigenvalue weighted by atomic mass is 10.0. The van der Waals surface area contributed by atoms with Crippen molar-refractivity contribution in [2.24, 2.45) is 5.92 Å². The van der Waals surface area contributed by atoms with Gasteiger partial charge in [0.15, 0.2) is 0 Å². The molecular formula is C20H33Cl3N4O6. The highest BCUT2D eigenvalue weighted by Crippen LogP contribution is 2.26. The summed E-state index contributed by atoms with van der Waals surface area (Å²) in [5, 5.41) is 6.40. The van der Waals surface area contributed by atoms with Crippen LogP contribution in [-0.2, 0) is 23.9 Å². The molecule has 0 saturated carbocycles. The van der Waals surface area contributed by atoms with E-state index in [0.717, 1.165) is 0 Å². The number of alkyl carbamates (subject to hydrolysis) is 1. The second kappa shape index (κ2) is 12.3. The van der Waals surface area contributed by atoms with Crippen molar-refractivity contribution in [3.8, 4) is 0 Å². The maximum atomic E-state index is 12.8. The lowest BCUT2D eigenvalue weighted by Gasteiger charge is -2.34. The summed E-state index contributed by atoms with van der Waals surface area (Å²) in [5.74, 6) is -1.91. The normalized spacial score (nSPS) is 18.8. The van der Waals surface area contributed by atoms with Crippen molar-refractivity contribution in [3.05, 3.63) is 0 Å². The number of rotatable bonds is 7. The molecule has 190 valence electrons. The number of halogens is 3. The molecule has 0 radical (unpaired) electrons. The van der Waals surface area contributed by atoms with Crippen molar-refractivity contribution in [1.29, 1.82) is 0 Å². The van der Waals surface area contributed by atoms with E-state index in [-0.39, 0.29) is 5.92 Å². The molecule has 1 heterocycles. The van der Waals surface area contributed by atoms with Crippen LogP contribution >= 0.6 is 34.8 Å². The fraction of sp³-hybridized carbons (Fsp3) is 0.800. The molecule has 0 aliphatic carbocycles. The van der Waals surface area contributed by atoms with E-state index in [0.29, 0.717) is 19.4 Å². The Morgan fingerprint density at radius 3 is 2.21 bits per heavy atom. The Bertz CT molecular complexity index is 724. The molecule has 3 atom stereocenters. The summed E-state index contributed by atoms with van der Waals surface area (Å²) >= 11 is 16.8. The zero-order chi connectivity index (χ0) is 25.6. The molecule has 0 aromatic rings. The van der Waals surface area contributed by atoms with E-state index < -0.39 is 58.0 Å². The summed E-state index contributed by atoms with van der Waals surface area (Å²) in [4.78, 5) is 49.9. The highest BCUT2D eigenvalue weighted by Gasteiger charge is 2.34. The fourth-order valence-corrected chi connectivity index (χ4v) is 3.10. The summed E-state index contributed by atoms with van der Waals surface area (Å²) in [7, 11) is 0. The summed E-state index contributed by atoms with van der Waals surface area (Å²) in [6, 6.07) is -2.63. The van der Waals surface area contributed by atoms with E-state index in [9.17, 15) is 19.2 Å². The first-order valence-electron chi connectivity index (χ1n) is 10.6. The second-order valence-corrected chi connectivity index (χ2v) is 11.7. The first kappa shape index (κ1) is 29.5. The van der Waals surface area contributed by atoms with Crippen LogP contribution in [0.4, 0.5) is 4.79 Å². The number of amides is 3. The smallest absolute Gasteiger partial charge is 0.408 e. The standard InChI is InChI=1S/C20H33Cl3N4O6/c1-11(2)14(25-18(31)33-19(4,5)6)15(28)24-12(3)16(29)27-9-7-8-13(26-27)17(30)32-10-20(21,22)23/h11-14,26H,7-10H2,1-6H3,(H,24,28)(H,25,31)/t12-,13-,14-/m0/s1. The molecule has 0 unspecified atom stereocenters. The van der Waals surface area contributed by atoms with Crippen LogP contribution in [0.2, 0.25) is 0 Å². The van der Waals surface area contributed by atoms with Gasteiger partial charge in [-0.1, -0.05) is 48.7 Å². The molecule has 1 aliphatic rings. The van der Waals surface area contributed by atoms with Crippen molar-refractivity contribution in [3.63, 3.8) is 0 Å². The lowest BCUT2D eigenvalue weighted by molar-refractivity contribution is -0.152. The number of carbonyl (C=O) groups excluding carboxylic acids is 4. The van der Waals surface area contributed by atoms with E-state index >= 15 is 0 Å². The zero-order valence-corrected chi connectivity index (χ0v) is 21.9. The molecule has 3 amide bonds. The molecular weight excluding hydrogens is 499 g/mol. The second-order valence-electron chi connectivity index (χ2n) is 9.13. The van der Waals surface area contributed by atoms with E-state index in [2.05, 4.69) is 16.1 Å². The fourth-order valence-electron chi connectivity index (χ4n) is 2.94. The van der Waals surface area contributed by atoms with Crippen molar-refractivity contribution in [2.75, 3.05) is 13.2 Å². The predicted octanol–water partition coefficient (Wildman–Crippen LogP) is 2.45. The van der Waals surface area contributed by atoms with Crippen LogP contribution in [-0.4, -0.2) is 69.6 Å². The molecule has 0 spiro atoms. The Balaban J connectivity index is 2.70. The molecule has 3 N–H and O–H groups in total. The Morgan fingerprint density at radius 1 is 1.09 bits per heavy atom. The summed E-state index contributed by atoms with van der Waals surface area (Å²) in [5.41, 5.74) is 2.07. The number of hydrogen-bond acceptors (Lipinski definition) is 7. The van der Waals surface area contributed by atoms with Crippen molar-refractivity contribution in [2.45, 2.75) is 81.9 Å². The van der Waals surface area contributed by atoms with E-state index in [1.807, 2.05) is 0 Å². The maximum absolute atomic E-state index is 12.8. The Labute approximate surface area is 209 Å². The quantitative estimate of drug-likeness (QED) is 0.340. The Kier molecular flexibility index (Phi) is 11.0. The van der Waals surface area contributed by atoms with Crippen LogP contribution in [0.25, 0.3) is 0 Å². The highest BCUT2D eigenvalue weighted by atomic mass is 35.6. The Morgan fingerprint density at radius 2 is 1.70 bits per heavy atom. The average molecular weight is 532 g/mol. The molecule has 1 rings (SSSR count). The van der Waals surface area contributed by atoms with E-state index in [1.54, 1.807) is 34.6 Å². The molecule has 0 bridgehead atoms. The van der Waals surface area contributed by atoms with Gasteiger partial charge in [0.25, 0.3) is 5.91 Å². The zero-order valence-electron chi connectivity index (χ0n) is 19.7. The van der Waals surface area contributed by atoms with Gasteiger partial charge in [0.1, 0.15) is 30.3 Å². The van der Waals surface area contributed by atoms with Gasteiger partial charge in [0.2, 0.25) is 9.70 Å².